The van der Waals surface area contributed by atoms with Crippen molar-refractivity contribution in [2.45, 2.75) is 13.5 Å². The third kappa shape index (κ3) is 6.81. The lowest BCUT2D eigenvalue weighted by molar-refractivity contribution is -0.125. The Labute approximate surface area is 157 Å². The van der Waals surface area contributed by atoms with Gasteiger partial charge in [0.15, 0.2) is 6.61 Å². The number of oxime groups is 1. The monoisotopic (exact) mass is 370 g/mol. The number of amides is 1. The molecule has 0 spiro atoms. The van der Waals surface area contributed by atoms with Crippen LogP contribution in [0.2, 0.25) is 0 Å². The maximum absolute atomic E-state index is 11.8. The fourth-order valence-electron chi connectivity index (χ4n) is 2.14. The third-order valence-electron chi connectivity index (χ3n) is 3.53. The van der Waals surface area contributed by atoms with E-state index in [2.05, 4.69) is 15.2 Å². The molecule has 7 heteroatoms. The van der Waals surface area contributed by atoms with Crippen molar-refractivity contribution in [3.05, 3.63) is 65.2 Å². The number of rotatable bonds is 9. The molecule has 0 unspecified atom stereocenters. The summed E-state index contributed by atoms with van der Waals surface area (Å²) in [4.78, 5) is 28.1. The molecule has 0 heterocycles. The van der Waals surface area contributed by atoms with Gasteiger partial charge < -0.3 is 19.6 Å². The molecule has 0 aliphatic carbocycles. The molecule has 0 saturated carbocycles. The van der Waals surface area contributed by atoms with Crippen LogP contribution in [0.1, 0.15) is 28.4 Å². The largest absolute Gasteiger partial charge is 0.494 e. The number of hydrogen-bond acceptors (Lipinski definition) is 6. The Hall–Kier alpha value is -3.35. The molecule has 2 rings (SSSR count). The molecule has 0 saturated heterocycles. The van der Waals surface area contributed by atoms with Gasteiger partial charge in [0.25, 0.3) is 5.91 Å². The highest BCUT2D eigenvalue weighted by atomic mass is 16.6. The summed E-state index contributed by atoms with van der Waals surface area (Å²) < 4.78 is 9.99. The summed E-state index contributed by atoms with van der Waals surface area (Å²) in [5.41, 5.74) is 2.15. The van der Waals surface area contributed by atoms with Gasteiger partial charge in [-0.3, -0.25) is 4.79 Å². The smallest absolute Gasteiger partial charge is 0.337 e. The number of benzene rings is 2. The van der Waals surface area contributed by atoms with Crippen molar-refractivity contribution in [3.8, 4) is 5.75 Å². The number of carbonyl (C=O) groups is 2. The van der Waals surface area contributed by atoms with Gasteiger partial charge >= 0.3 is 5.97 Å². The van der Waals surface area contributed by atoms with Gasteiger partial charge in [-0.25, -0.2) is 4.79 Å². The van der Waals surface area contributed by atoms with Crippen molar-refractivity contribution in [2.24, 2.45) is 5.16 Å². The molecule has 0 aliphatic heterocycles. The lowest BCUT2D eigenvalue weighted by Gasteiger charge is -2.05. The Balaban J connectivity index is 1.70. The Morgan fingerprint density at radius 1 is 1.07 bits per heavy atom. The van der Waals surface area contributed by atoms with Gasteiger partial charge in [-0.15, -0.1) is 0 Å². The minimum absolute atomic E-state index is 0.187. The second kappa shape index (κ2) is 10.6. The molecule has 0 radical (unpaired) electrons. The van der Waals surface area contributed by atoms with E-state index in [1.165, 1.54) is 13.3 Å². The van der Waals surface area contributed by atoms with Crippen LogP contribution >= 0.6 is 0 Å². The summed E-state index contributed by atoms with van der Waals surface area (Å²) >= 11 is 0. The standard InChI is InChI=1S/C20H22N2O5/c1-3-26-18-10-6-16(7-11-18)13-22-27-14-19(23)21-12-15-4-8-17(9-5-15)20(24)25-2/h4-11,13H,3,12,14H2,1-2H3,(H,21,23)/b22-13-. The Kier molecular flexibility index (Phi) is 7.84. The molecule has 1 N–H and O–H groups in total. The molecule has 142 valence electrons. The van der Waals surface area contributed by atoms with Gasteiger partial charge in [0, 0.05) is 6.54 Å². The SMILES string of the molecule is CCOc1ccc(/C=N\OCC(=O)NCc2ccc(C(=O)OC)cc2)cc1. The highest BCUT2D eigenvalue weighted by Crippen LogP contribution is 2.10. The first-order chi connectivity index (χ1) is 13.1. The first-order valence-electron chi connectivity index (χ1n) is 8.44. The van der Waals surface area contributed by atoms with Gasteiger partial charge in [0.1, 0.15) is 5.75 Å². The zero-order valence-corrected chi connectivity index (χ0v) is 15.3. The number of hydrogen-bond donors (Lipinski definition) is 1. The van der Waals surface area contributed by atoms with Crippen LogP contribution in [0.3, 0.4) is 0 Å². The summed E-state index contributed by atoms with van der Waals surface area (Å²) in [6.45, 7) is 2.67. The molecule has 0 bridgehead atoms. The van der Waals surface area contributed by atoms with E-state index in [4.69, 9.17) is 9.57 Å². The van der Waals surface area contributed by atoms with Gasteiger partial charge in [0.2, 0.25) is 0 Å². The van der Waals surface area contributed by atoms with Crippen molar-refractivity contribution in [1.82, 2.24) is 5.32 Å². The van der Waals surface area contributed by atoms with Crippen LogP contribution in [0.25, 0.3) is 0 Å². The van der Waals surface area contributed by atoms with E-state index in [-0.39, 0.29) is 12.5 Å². The fraction of sp³-hybridized carbons (Fsp3) is 0.250. The Bertz CT molecular complexity index is 770. The van der Waals surface area contributed by atoms with Crippen LogP contribution < -0.4 is 10.1 Å². The van der Waals surface area contributed by atoms with E-state index in [9.17, 15) is 9.59 Å². The maximum Gasteiger partial charge on any atom is 0.337 e. The fourth-order valence-corrected chi connectivity index (χ4v) is 2.14. The number of methoxy groups -OCH3 is 1. The van der Waals surface area contributed by atoms with Gasteiger partial charge in [-0.2, -0.15) is 0 Å². The summed E-state index contributed by atoms with van der Waals surface area (Å²) in [5, 5.41) is 6.49. The minimum Gasteiger partial charge on any atom is -0.494 e. The van der Waals surface area contributed by atoms with Crippen molar-refractivity contribution in [2.75, 3.05) is 20.3 Å². The van der Waals surface area contributed by atoms with Crippen LogP contribution in [-0.2, 0) is 20.9 Å². The predicted octanol–water partition coefficient (Wildman–Crippen LogP) is 2.54. The molecule has 0 fully saturated rings. The van der Waals surface area contributed by atoms with E-state index in [1.807, 2.05) is 31.2 Å². The number of nitrogens with one attached hydrogen (secondary N) is 1. The lowest BCUT2D eigenvalue weighted by atomic mass is 10.1. The van der Waals surface area contributed by atoms with Crippen molar-refractivity contribution >= 4 is 18.1 Å². The first kappa shape index (κ1) is 20.0. The summed E-state index contributed by atoms with van der Waals surface area (Å²) in [5.74, 6) is 0.0924. The topological polar surface area (TPSA) is 86.2 Å². The average Bonchev–Trinajstić information content (AvgIpc) is 2.71. The maximum atomic E-state index is 11.8. The first-order valence-corrected chi connectivity index (χ1v) is 8.44. The molecule has 0 aromatic heterocycles. The molecule has 0 atom stereocenters. The molecular weight excluding hydrogens is 348 g/mol. The number of ether oxygens (including phenoxy) is 2. The van der Waals surface area contributed by atoms with E-state index < -0.39 is 5.97 Å². The molecule has 27 heavy (non-hydrogen) atoms. The molecule has 0 aliphatic rings. The van der Waals surface area contributed by atoms with E-state index >= 15 is 0 Å². The number of esters is 1. The minimum atomic E-state index is -0.399. The van der Waals surface area contributed by atoms with Crippen LogP contribution in [0.5, 0.6) is 5.75 Å². The molecule has 1 amide bonds. The van der Waals surface area contributed by atoms with Gasteiger partial charge in [-0.1, -0.05) is 17.3 Å². The number of nitrogens with zero attached hydrogens (tertiary/aromatic N) is 1. The molecule has 2 aromatic rings. The Morgan fingerprint density at radius 3 is 2.41 bits per heavy atom. The van der Waals surface area contributed by atoms with E-state index in [1.54, 1.807) is 24.3 Å². The Morgan fingerprint density at radius 2 is 1.78 bits per heavy atom. The normalized spacial score (nSPS) is 10.4. The second-order valence-corrected chi connectivity index (χ2v) is 5.48. The lowest BCUT2D eigenvalue weighted by Crippen LogP contribution is -2.26. The van der Waals surface area contributed by atoms with Crippen molar-refractivity contribution in [3.63, 3.8) is 0 Å². The van der Waals surface area contributed by atoms with Crippen molar-refractivity contribution in [1.29, 1.82) is 0 Å². The summed E-state index contributed by atoms with van der Waals surface area (Å²) in [7, 11) is 1.33. The van der Waals surface area contributed by atoms with Crippen LogP contribution in [0.4, 0.5) is 0 Å². The second-order valence-electron chi connectivity index (χ2n) is 5.48. The van der Waals surface area contributed by atoms with Crippen LogP contribution in [-0.4, -0.2) is 38.4 Å². The summed E-state index contributed by atoms with van der Waals surface area (Å²) in [6, 6.07) is 14.1. The van der Waals surface area contributed by atoms with Gasteiger partial charge in [-0.05, 0) is 54.4 Å². The summed E-state index contributed by atoms with van der Waals surface area (Å²) in [6.07, 6.45) is 1.52. The highest BCUT2D eigenvalue weighted by molar-refractivity contribution is 5.89. The zero-order chi connectivity index (χ0) is 19.5. The van der Waals surface area contributed by atoms with E-state index in [0.29, 0.717) is 18.7 Å². The average molecular weight is 370 g/mol. The van der Waals surface area contributed by atoms with Crippen LogP contribution in [0, 0.1) is 0 Å². The molecule has 2 aromatic carbocycles. The molecular formula is C20H22N2O5. The highest BCUT2D eigenvalue weighted by Gasteiger charge is 2.05. The predicted molar refractivity (Wildman–Crippen MR) is 101 cm³/mol. The number of carbonyl (C=O) groups excluding carboxylic acids is 2. The van der Waals surface area contributed by atoms with E-state index in [0.717, 1.165) is 16.9 Å². The van der Waals surface area contributed by atoms with Crippen molar-refractivity contribution < 1.29 is 23.9 Å². The van der Waals surface area contributed by atoms with Gasteiger partial charge in [0.05, 0.1) is 25.5 Å². The van der Waals surface area contributed by atoms with Crippen LogP contribution in [0.15, 0.2) is 53.7 Å². The quantitative estimate of drug-likeness (QED) is 0.416. The molecule has 7 nitrogen and oxygen atoms in total. The third-order valence-corrected chi connectivity index (χ3v) is 3.53. The zero-order valence-electron chi connectivity index (χ0n) is 15.3.